The number of nitrogens with zero attached hydrogens (tertiary/aromatic N) is 1. The third-order valence-electron chi connectivity index (χ3n) is 3.33. The maximum atomic E-state index is 13.9. The Morgan fingerprint density at radius 1 is 1.32 bits per heavy atom. The van der Waals surface area contributed by atoms with E-state index in [-0.39, 0.29) is 16.5 Å². The molecule has 0 aliphatic carbocycles. The predicted molar refractivity (Wildman–Crippen MR) is 78.3 cm³/mol. The Labute approximate surface area is 129 Å². The standard InChI is InChI=1S/C16H9ClF2NO2/c1-8-5-11-13(7-12(18)15(21)14(11)19)20(8)16(22)9-3-2-4-10(17)6-9/h2-4,6-7,21H,1H3. The molecule has 1 heterocycles. The van der Waals surface area contributed by atoms with Crippen molar-refractivity contribution in [3.05, 3.63) is 64.3 Å². The van der Waals surface area contributed by atoms with Crippen LogP contribution in [0.15, 0.2) is 30.3 Å². The molecule has 0 atom stereocenters. The lowest BCUT2D eigenvalue weighted by molar-refractivity contribution is 0.0963. The topological polar surface area (TPSA) is 42.2 Å². The Balaban J connectivity index is 2.27. The second-order valence-corrected chi connectivity index (χ2v) is 5.21. The molecule has 0 aliphatic rings. The number of aromatic hydroxyl groups is 1. The van der Waals surface area contributed by atoms with Gasteiger partial charge in [0.1, 0.15) is 0 Å². The molecule has 0 amide bonds. The Bertz CT molecular complexity index is 918. The molecule has 0 saturated heterocycles. The van der Waals surface area contributed by atoms with Crippen molar-refractivity contribution >= 4 is 28.4 Å². The maximum Gasteiger partial charge on any atom is 0.262 e. The molecular weight excluding hydrogens is 312 g/mol. The fraction of sp³-hybridized carbons (Fsp3) is 0.0625. The lowest BCUT2D eigenvalue weighted by atomic mass is 10.2. The molecule has 6 heteroatoms. The van der Waals surface area contributed by atoms with Crippen LogP contribution in [0.4, 0.5) is 8.78 Å². The first-order valence-corrected chi connectivity index (χ1v) is 6.69. The molecule has 1 aromatic heterocycles. The molecule has 3 aromatic rings. The number of benzene rings is 2. The highest BCUT2D eigenvalue weighted by Gasteiger charge is 2.21. The number of halogens is 3. The molecule has 3 nitrogen and oxygen atoms in total. The van der Waals surface area contributed by atoms with Crippen molar-refractivity contribution in [3.63, 3.8) is 0 Å². The minimum Gasteiger partial charge on any atom is -0.503 e. The first-order valence-electron chi connectivity index (χ1n) is 6.31. The van der Waals surface area contributed by atoms with Crippen LogP contribution in [0.3, 0.4) is 0 Å². The van der Waals surface area contributed by atoms with Gasteiger partial charge in [-0.2, -0.15) is 0 Å². The Hall–Kier alpha value is -2.40. The smallest absolute Gasteiger partial charge is 0.262 e. The van der Waals surface area contributed by atoms with Gasteiger partial charge in [-0.3, -0.25) is 9.36 Å². The van der Waals surface area contributed by atoms with Crippen LogP contribution >= 0.6 is 11.6 Å². The van der Waals surface area contributed by atoms with Gasteiger partial charge >= 0.3 is 0 Å². The third kappa shape index (κ3) is 2.14. The Kier molecular flexibility index (Phi) is 3.37. The van der Waals surface area contributed by atoms with Crippen molar-refractivity contribution in [2.75, 3.05) is 0 Å². The molecule has 22 heavy (non-hydrogen) atoms. The fourth-order valence-electron chi connectivity index (χ4n) is 2.32. The molecule has 2 aromatic carbocycles. The van der Waals surface area contributed by atoms with E-state index >= 15 is 0 Å². The molecule has 0 fully saturated rings. The van der Waals surface area contributed by atoms with Crippen molar-refractivity contribution in [3.8, 4) is 5.75 Å². The van der Waals surface area contributed by atoms with Gasteiger partial charge in [0.05, 0.1) is 5.52 Å². The van der Waals surface area contributed by atoms with E-state index in [9.17, 15) is 18.7 Å². The summed E-state index contributed by atoms with van der Waals surface area (Å²) in [5, 5.41) is 9.54. The Morgan fingerprint density at radius 3 is 2.73 bits per heavy atom. The molecule has 0 unspecified atom stereocenters. The quantitative estimate of drug-likeness (QED) is 0.734. The highest BCUT2D eigenvalue weighted by atomic mass is 35.5. The molecule has 3 rings (SSSR count). The van der Waals surface area contributed by atoms with Gasteiger partial charge in [0.2, 0.25) is 0 Å². The van der Waals surface area contributed by atoms with E-state index in [1.807, 2.05) is 0 Å². The summed E-state index contributed by atoms with van der Waals surface area (Å²) in [6.45, 7) is 1.54. The summed E-state index contributed by atoms with van der Waals surface area (Å²) in [5.74, 6) is -3.86. The number of phenolic OH excluding ortho intramolecular Hbond substituents is 1. The normalized spacial score (nSPS) is 11.1. The molecule has 0 saturated carbocycles. The minimum atomic E-state index is -1.14. The van der Waals surface area contributed by atoms with E-state index in [4.69, 9.17) is 11.6 Å². The lowest BCUT2D eigenvalue weighted by Gasteiger charge is -2.08. The number of fused-ring (bicyclic) bond motifs is 1. The number of phenols is 1. The largest absolute Gasteiger partial charge is 0.503 e. The second kappa shape index (κ2) is 5.10. The summed E-state index contributed by atoms with van der Waals surface area (Å²) in [7, 11) is 0. The van der Waals surface area contributed by atoms with E-state index in [1.54, 1.807) is 18.2 Å². The highest BCUT2D eigenvalue weighted by Crippen LogP contribution is 2.31. The van der Waals surface area contributed by atoms with Gasteiger partial charge in [0.15, 0.2) is 17.4 Å². The van der Waals surface area contributed by atoms with Crippen LogP contribution in [0.25, 0.3) is 10.9 Å². The monoisotopic (exact) mass is 320 g/mol. The molecule has 0 bridgehead atoms. The van der Waals surface area contributed by atoms with Gasteiger partial charge in [0, 0.05) is 33.8 Å². The van der Waals surface area contributed by atoms with E-state index in [2.05, 4.69) is 6.07 Å². The average molecular weight is 321 g/mol. The van der Waals surface area contributed by atoms with E-state index in [0.29, 0.717) is 10.7 Å². The van der Waals surface area contributed by atoms with Crippen LogP contribution in [0, 0.1) is 24.6 Å². The summed E-state index contributed by atoms with van der Waals surface area (Å²) in [6.07, 6.45) is 0. The number of aromatic nitrogens is 1. The van der Waals surface area contributed by atoms with Crippen LogP contribution in [0.2, 0.25) is 5.02 Å². The molecule has 111 valence electrons. The number of carbonyl (C=O) groups excluding carboxylic acids is 1. The van der Waals surface area contributed by atoms with Crippen LogP contribution in [0.5, 0.6) is 5.75 Å². The third-order valence-corrected chi connectivity index (χ3v) is 3.57. The van der Waals surface area contributed by atoms with E-state index in [0.717, 1.165) is 10.6 Å². The number of carbonyl (C=O) groups is 1. The first kappa shape index (κ1) is 14.5. The van der Waals surface area contributed by atoms with Crippen molar-refractivity contribution in [1.29, 1.82) is 0 Å². The lowest BCUT2D eigenvalue weighted by Crippen LogP contribution is -2.13. The van der Waals surface area contributed by atoms with E-state index in [1.165, 1.54) is 13.0 Å². The van der Waals surface area contributed by atoms with Crippen molar-refractivity contribution in [2.45, 2.75) is 6.92 Å². The van der Waals surface area contributed by atoms with Crippen LogP contribution in [-0.4, -0.2) is 15.6 Å². The molecule has 1 N–H and O–H groups in total. The zero-order valence-corrected chi connectivity index (χ0v) is 12.1. The fourth-order valence-corrected chi connectivity index (χ4v) is 2.51. The second-order valence-electron chi connectivity index (χ2n) is 4.78. The summed E-state index contributed by atoms with van der Waals surface area (Å²) < 4.78 is 28.6. The van der Waals surface area contributed by atoms with Gasteiger partial charge in [0.25, 0.3) is 5.91 Å². The van der Waals surface area contributed by atoms with Crippen molar-refractivity contribution in [1.82, 2.24) is 4.57 Å². The molecule has 0 aliphatic heterocycles. The first-order chi connectivity index (χ1) is 10.4. The van der Waals surface area contributed by atoms with E-state index < -0.39 is 23.3 Å². The summed E-state index contributed by atoms with van der Waals surface area (Å²) in [6, 6.07) is 9.77. The van der Waals surface area contributed by atoms with Crippen LogP contribution < -0.4 is 0 Å². The predicted octanol–water partition coefficient (Wildman–Crippen LogP) is 4.08. The number of aryl methyl sites for hydroxylation is 1. The minimum absolute atomic E-state index is 0.00437. The zero-order chi connectivity index (χ0) is 16.0. The number of rotatable bonds is 1. The summed E-state index contributed by atoms with van der Waals surface area (Å²) in [5.41, 5.74) is 0.564. The highest BCUT2D eigenvalue weighted by molar-refractivity contribution is 6.31. The average Bonchev–Trinajstić information content (AvgIpc) is 2.80. The van der Waals surface area contributed by atoms with Crippen molar-refractivity contribution < 1.29 is 18.7 Å². The van der Waals surface area contributed by atoms with Crippen LogP contribution in [0.1, 0.15) is 16.1 Å². The van der Waals surface area contributed by atoms with Gasteiger partial charge < -0.3 is 5.11 Å². The molecular formula is C16H9ClF2NO2. The summed E-state index contributed by atoms with van der Waals surface area (Å²) in [4.78, 5) is 12.6. The molecule has 1 radical (unpaired) electrons. The molecule has 0 spiro atoms. The summed E-state index contributed by atoms with van der Waals surface area (Å²) >= 11 is 5.86. The maximum absolute atomic E-state index is 13.9. The van der Waals surface area contributed by atoms with Crippen LogP contribution in [-0.2, 0) is 0 Å². The van der Waals surface area contributed by atoms with Gasteiger partial charge in [-0.05, 0) is 25.1 Å². The Morgan fingerprint density at radius 2 is 2.05 bits per heavy atom. The number of hydrogen-bond acceptors (Lipinski definition) is 2. The van der Waals surface area contributed by atoms with Gasteiger partial charge in [-0.15, -0.1) is 0 Å². The SMILES string of the molecule is Cc1[c]c2c(F)c(O)c(F)cc2n1C(=O)c1cccc(Cl)c1. The van der Waals surface area contributed by atoms with Gasteiger partial charge in [-0.1, -0.05) is 17.7 Å². The zero-order valence-electron chi connectivity index (χ0n) is 11.3. The number of hydrogen-bond donors (Lipinski definition) is 1. The van der Waals surface area contributed by atoms with Crippen molar-refractivity contribution in [2.24, 2.45) is 0 Å². The van der Waals surface area contributed by atoms with Gasteiger partial charge in [-0.25, -0.2) is 8.78 Å².